The number of carbonyl (C=O) groups excluding carboxylic acids is 1. The van der Waals surface area contributed by atoms with Gasteiger partial charge >= 0.3 is 5.97 Å². The molecule has 3 nitrogen and oxygen atoms in total. The summed E-state index contributed by atoms with van der Waals surface area (Å²) in [6, 6.07) is 5.30. The van der Waals surface area contributed by atoms with Crippen molar-refractivity contribution in [2.45, 2.75) is 11.8 Å². The Balaban J connectivity index is 2.62. The van der Waals surface area contributed by atoms with Gasteiger partial charge in [-0.3, -0.25) is 0 Å². The Morgan fingerprint density at radius 3 is 2.88 bits per heavy atom. The van der Waals surface area contributed by atoms with Crippen molar-refractivity contribution in [2.75, 3.05) is 18.1 Å². The van der Waals surface area contributed by atoms with Gasteiger partial charge in [-0.1, -0.05) is 24.2 Å². The van der Waals surface area contributed by atoms with Crippen LogP contribution in [0.2, 0.25) is 5.02 Å². The monoisotopic (exact) mass is 271 g/mol. The maximum atomic E-state index is 11.3. The molecule has 0 amide bonds. The molecule has 0 fully saturated rings. The molecule has 5 heteroatoms. The van der Waals surface area contributed by atoms with Gasteiger partial charge in [0.2, 0.25) is 0 Å². The van der Waals surface area contributed by atoms with Crippen molar-refractivity contribution in [2.24, 2.45) is 0 Å². The summed E-state index contributed by atoms with van der Waals surface area (Å²) in [4.78, 5) is 12.1. The summed E-state index contributed by atoms with van der Waals surface area (Å²) in [5.74, 6) is 0.0258. The third-order valence-electron chi connectivity index (χ3n) is 1.95. The molecule has 0 aromatic heterocycles. The number of ether oxygens (including phenoxy) is 1. The van der Waals surface area contributed by atoms with Gasteiger partial charge in [0.25, 0.3) is 0 Å². The molecule has 17 heavy (non-hydrogen) atoms. The van der Waals surface area contributed by atoms with Crippen molar-refractivity contribution in [1.82, 2.24) is 0 Å². The van der Waals surface area contributed by atoms with Crippen molar-refractivity contribution in [3.63, 3.8) is 0 Å². The molecular weight excluding hydrogens is 258 g/mol. The highest BCUT2D eigenvalue weighted by molar-refractivity contribution is 7.99. The Kier molecular flexibility index (Phi) is 5.38. The van der Waals surface area contributed by atoms with E-state index in [4.69, 9.17) is 22.1 Å². The molecule has 0 saturated heterocycles. The van der Waals surface area contributed by atoms with Crippen molar-refractivity contribution in [3.8, 4) is 0 Å². The topological polar surface area (TPSA) is 52.3 Å². The number of hydrogen-bond donors (Lipinski definition) is 1. The molecule has 0 unspecified atom stereocenters. The average molecular weight is 272 g/mol. The number of thioether (sulfide) groups is 1. The van der Waals surface area contributed by atoms with Crippen molar-refractivity contribution in [1.29, 1.82) is 0 Å². The van der Waals surface area contributed by atoms with Crippen LogP contribution < -0.4 is 5.73 Å². The van der Waals surface area contributed by atoms with E-state index in [1.54, 1.807) is 25.1 Å². The molecule has 0 aliphatic carbocycles. The lowest BCUT2D eigenvalue weighted by Gasteiger charge is -2.08. The molecule has 1 rings (SSSR count). The van der Waals surface area contributed by atoms with Crippen LogP contribution in [-0.2, 0) is 9.53 Å². The van der Waals surface area contributed by atoms with Crippen molar-refractivity contribution >= 4 is 35.0 Å². The summed E-state index contributed by atoms with van der Waals surface area (Å²) in [6.45, 7) is 5.77. The fraction of sp³-hybridized carbons (Fsp3) is 0.250. The van der Waals surface area contributed by atoms with Crippen LogP contribution in [0.4, 0.5) is 5.69 Å². The van der Waals surface area contributed by atoms with Gasteiger partial charge in [-0.25, -0.2) is 4.79 Å². The first-order valence-corrected chi connectivity index (χ1v) is 6.44. The summed E-state index contributed by atoms with van der Waals surface area (Å²) in [7, 11) is 0. The number of hydrogen-bond acceptors (Lipinski definition) is 4. The molecule has 0 heterocycles. The predicted octanol–water partition coefficient (Wildman–Crippen LogP) is 3.13. The molecule has 2 N–H and O–H groups in total. The second-order valence-electron chi connectivity index (χ2n) is 3.27. The lowest BCUT2D eigenvalue weighted by Crippen LogP contribution is -2.08. The van der Waals surface area contributed by atoms with Gasteiger partial charge in [0.05, 0.1) is 11.6 Å². The highest BCUT2D eigenvalue weighted by atomic mass is 35.5. The highest BCUT2D eigenvalue weighted by Crippen LogP contribution is 2.33. The molecule has 0 atom stereocenters. The first kappa shape index (κ1) is 13.9. The summed E-state index contributed by atoms with van der Waals surface area (Å²) in [5, 5.41) is 0.576. The zero-order valence-corrected chi connectivity index (χ0v) is 11.1. The molecule has 92 valence electrons. The number of carbonyl (C=O) groups is 1. The summed E-state index contributed by atoms with van der Waals surface area (Å²) < 4.78 is 4.84. The van der Waals surface area contributed by atoms with Gasteiger partial charge < -0.3 is 10.5 Å². The number of esters is 1. The van der Waals surface area contributed by atoms with Crippen LogP contribution in [0.25, 0.3) is 0 Å². The highest BCUT2D eigenvalue weighted by Gasteiger charge is 2.11. The fourth-order valence-electron chi connectivity index (χ4n) is 1.13. The molecule has 0 bridgehead atoms. The molecule has 1 aromatic carbocycles. The van der Waals surface area contributed by atoms with Gasteiger partial charge in [-0.2, -0.15) is 0 Å². The predicted molar refractivity (Wildman–Crippen MR) is 72.4 cm³/mol. The number of benzene rings is 1. The molecule has 0 radical (unpaired) electrons. The summed E-state index contributed by atoms with van der Waals surface area (Å²) >= 11 is 7.39. The summed E-state index contributed by atoms with van der Waals surface area (Å²) in [5.41, 5.74) is 6.79. The Hall–Kier alpha value is -1.13. The summed E-state index contributed by atoms with van der Waals surface area (Å²) in [6.07, 6.45) is 0. The van der Waals surface area contributed by atoms with E-state index in [0.29, 0.717) is 28.6 Å². The standard InChI is InChI=1S/C12H14ClNO2S/c1-3-16-12(15)8(2)7-17-11-9(13)5-4-6-10(11)14/h4-6H,2-3,7,14H2,1H3. The van der Waals surface area contributed by atoms with Gasteiger partial charge in [0.1, 0.15) is 0 Å². The van der Waals surface area contributed by atoms with E-state index in [1.165, 1.54) is 11.8 Å². The smallest absolute Gasteiger partial charge is 0.334 e. The second kappa shape index (κ2) is 6.57. The minimum Gasteiger partial charge on any atom is -0.463 e. The Bertz CT molecular complexity index is 414. The maximum Gasteiger partial charge on any atom is 0.334 e. The molecule has 0 aliphatic heterocycles. The molecule has 1 aromatic rings. The third kappa shape index (κ3) is 3.98. The molecule has 0 aliphatic rings. The second-order valence-corrected chi connectivity index (χ2v) is 4.66. The van der Waals surface area contributed by atoms with Crippen LogP contribution in [-0.4, -0.2) is 18.3 Å². The minimum absolute atomic E-state index is 0.344. The molecular formula is C12H14ClNO2S. The van der Waals surface area contributed by atoms with Crippen LogP contribution in [0.15, 0.2) is 35.2 Å². The van der Waals surface area contributed by atoms with Crippen LogP contribution in [0.3, 0.4) is 0 Å². The number of anilines is 1. The minimum atomic E-state index is -0.384. The van der Waals surface area contributed by atoms with Gasteiger partial charge in [-0.15, -0.1) is 11.8 Å². The average Bonchev–Trinajstić information content (AvgIpc) is 2.28. The van der Waals surface area contributed by atoms with E-state index >= 15 is 0 Å². The van der Waals surface area contributed by atoms with Gasteiger partial charge in [-0.05, 0) is 19.1 Å². The van der Waals surface area contributed by atoms with Crippen LogP contribution in [0.1, 0.15) is 6.92 Å². The van der Waals surface area contributed by atoms with E-state index in [-0.39, 0.29) is 5.97 Å². The number of halogens is 1. The quantitative estimate of drug-likeness (QED) is 0.387. The number of rotatable bonds is 5. The van der Waals surface area contributed by atoms with Gasteiger partial charge in [0, 0.05) is 21.9 Å². The Morgan fingerprint density at radius 2 is 2.29 bits per heavy atom. The van der Waals surface area contributed by atoms with E-state index < -0.39 is 0 Å². The number of nitrogens with two attached hydrogens (primary N) is 1. The van der Waals surface area contributed by atoms with Crippen molar-refractivity contribution < 1.29 is 9.53 Å². The van der Waals surface area contributed by atoms with Crippen LogP contribution in [0.5, 0.6) is 0 Å². The lowest BCUT2D eigenvalue weighted by molar-refractivity contribution is -0.138. The first-order valence-electron chi connectivity index (χ1n) is 5.08. The largest absolute Gasteiger partial charge is 0.463 e. The maximum absolute atomic E-state index is 11.3. The fourth-order valence-corrected chi connectivity index (χ4v) is 2.35. The number of nitrogen functional groups attached to an aromatic ring is 1. The van der Waals surface area contributed by atoms with E-state index in [2.05, 4.69) is 6.58 Å². The first-order chi connectivity index (χ1) is 8.06. The van der Waals surface area contributed by atoms with Crippen LogP contribution in [0, 0.1) is 0 Å². The molecule has 0 spiro atoms. The lowest BCUT2D eigenvalue weighted by atomic mass is 10.3. The van der Waals surface area contributed by atoms with E-state index in [9.17, 15) is 4.79 Å². The van der Waals surface area contributed by atoms with E-state index in [0.717, 1.165) is 4.90 Å². The Labute approximate surface area is 110 Å². The molecule has 0 saturated carbocycles. The van der Waals surface area contributed by atoms with Crippen LogP contribution >= 0.6 is 23.4 Å². The van der Waals surface area contributed by atoms with Gasteiger partial charge in [0.15, 0.2) is 0 Å². The Morgan fingerprint density at radius 1 is 1.59 bits per heavy atom. The van der Waals surface area contributed by atoms with E-state index in [1.807, 2.05) is 0 Å². The normalized spacial score (nSPS) is 10.0. The zero-order valence-electron chi connectivity index (χ0n) is 9.53. The van der Waals surface area contributed by atoms with Crippen molar-refractivity contribution in [3.05, 3.63) is 35.4 Å². The SMILES string of the molecule is C=C(CSc1c(N)cccc1Cl)C(=O)OCC. The third-order valence-corrected chi connectivity index (χ3v) is 3.62. The zero-order chi connectivity index (χ0) is 12.8.